The van der Waals surface area contributed by atoms with Crippen molar-refractivity contribution in [3.63, 3.8) is 0 Å². The van der Waals surface area contributed by atoms with Gasteiger partial charge in [0.1, 0.15) is 5.75 Å². The number of non-ortho nitro benzene ring substituents is 1. The first-order valence-electron chi connectivity index (χ1n) is 9.04. The van der Waals surface area contributed by atoms with Crippen LogP contribution < -0.4 is 15.4 Å². The highest BCUT2D eigenvalue weighted by Gasteiger charge is 2.16. The minimum absolute atomic E-state index is 0.121. The van der Waals surface area contributed by atoms with E-state index in [9.17, 15) is 19.7 Å². The van der Waals surface area contributed by atoms with Gasteiger partial charge in [0.25, 0.3) is 17.5 Å². The predicted molar refractivity (Wildman–Crippen MR) is 112 cm³/mol. The number of amides is 2. The summed E-state index contributed by atoms with van der Waals surface area (Å²) in [5.41, 5.74) is 1.37. The third-order valence-electron chi connectivity index (χ3n) is 4.33. The Labute approximate surface area is 172 Å². The lowest BCUT2D eigenvalue weighted by molar-refractivity contribution is -0.384. The smallest absolute Gasteiger partial charge is 0.270 e. The summed E-state index contributed by atoms with van der Waals surface area (Å²) in [5.74, 6) is -0.231. The number of carbonyl (C=O) groups excluding carboxylic acids is 2. The van der Waals surface area contributed by atoms with Crippen LogP contribution in [0, 0.1) is 10.1 Å². The zero-order chi connectivity index (χ0) is 21.5. The maximum atomic E-state index is 12.7. The third kappa shape index (κ3) is 4.99. The Kier molecular flexibility index (Phi) is 6.39. The van der Waals surface area contributed by atoms with Crippen molar-refractivity contribution in [1.82, 2.24) is 5.32 Å². The normalized spacial score (nSPS) is 10.2. The highest BCUT2D eigenvalue weighted by atomic mass is 16.6. The van der Waals surface area contributed by atoms with Gasteiger partial charge in [-0.05, 0) is 35.9 Å². The molecular formula is C22H19N3O5. The first-order chi connectivity index (χ1) is 14.5. The lowest BCUT2D eigenvalue weighted by atomic mass is 10.1. The maximum Gasteiger partial charge on any atom is 0.270 e. The number of ether oxygens (including phenoxy) is 1. The molecule has 0 aliphatic carbocycles. The van der Waals surface area contributed by atoms with Crippen molar-refractivity contribution in [2.24, 2.45) is 0 Å². The van der Waals surface area contributed by atoms with Gasteiger partial charge in [0, 0.05) is 24.2 Å². The number of nitrogens with zero attached hydrogens (tertiary/aromatic N) is 1. The fraction of sp³-hybridized carbons (Fsp3) is 0.0909. The average molecular weight is 405 g/mol. The molecule has 0 unspecified atom stereocenters. The number of methoxy groups -OCH3 is 1. The maximum absolute atomic E-state index is 12.7. The van der Waals surface area contributed by atoms with Gasteiger partial charge in [0.15, 0.2) is 0 Å². The van der Waals surface area contributed by atoms with E-state index in [2.05, 4.69) is 10.6 Å². The van der Waals surface area contributed by atoms with E-state index in [4.69, 9.17) is 4.74 Å². The molecule has 0 aromatic heterocycles. The predicted octanol–water partition coefficient (Wildman–Crippen LogP) is 3.79. The van der Waals surface area contributed by atoms with E-state index in [1.165, 1.54) is 24.3 Å². The third-order valence-corrected chi connectivity index (χ3v) is 4.33. The number of benzene rings is 3. The minimum atomic E-state index is -0.573. The number of nitro groups is 1. The zero-order valence-corrected chi connectivity index (χ0v) is 16.1. The molecule has 0 saturated heterocycles. The molecule has 0 saturated carbocycles. The van der Waals surface area contributed by atoms with Crippen molar-refractivity contribution >= 4 is 23.2 Å². The summed E-state index contributed by atoms with van der Waals surface area (Å²) in [6, 6.07) is 19.2. The Hall–Kier alpha value is -4.20. The molecule has 152 valence electrons. The van der Waals surface area contributed by atoms with Crippen LogP contribution in [0.1, 0.15) is 26.3 Å². The molecular weight excluding hydrogens is 386 g/mol. The van der Waals surface area contributed by atoms with Gasteiger partial charge in [0.2, 0.25) is 0 Å². The Morgan fingerprint density at radius 2 is 1.73 bits per heavy atom. The fourth-order valence-electron chi connectivity index (χ4n) is 2.81. The molecule has 0 spiro atoms. The van der Waals surface area contributed by atoms with Crippen molar-refractivity contribution < 1.29 is 19.2 Å². The first kappa shape index (κ1) is 20.5. The average Bonchev–Trinajstić information content (AvgIpc) is 2.78. The van der Waals surface area contributed by atoms with Crippen molar-refractivity contribution in [2.75, 3.05) is 12.4 Å². The molecule has 3 aromatic carbocycles. The van der Waals surface area contributed by atoms with Crippen LogP contribution in [0.5, 0.6) is 5.75 Å². The Morgan fingerprint density at radius 1 is 0.967 bits per heavy atom. The van der Waals surface area contributed by atoms with E-state index in [0.717, 1.165) is 5.56 Å². The summed E-state index contributed by atoms with van der Waals surface area (Å²) in [4.78, 5) is 35.6. The van der Waals surface area contributed by atoms with Crippen LogP contribution in [-0.4, -0.2) is 23.8 Å². The van der Waals surface area contributed by atoms with E-state index in [-0.39, 0.29) is 29.3 Å². The van der Waals surface area contributed by atoms with Gasteiger partial charge in [-0.3, -0.25) is 19.7 Å². The molecule has 2 amide bonds. The Balaban J connectivity index is 1.73. The summed E-state index contributed by atoms with van der Waals surface area (Å²) in [7, 11) is 1.57. The number of nitrogens with one attached hydrogen (secondary N) is 2. The molecule has 0 heterocycles. The molecule has 0 aliphatic rings. The largest absolute Gasteiger partial charge is 0.497 e. The minimum Gasteiger partial charge on any atom is -0.497 e. The second-order valence-electron chi connectivity index (χ2n) is 6.34. The van der Waals surface area contributed by atoms with Crippen molar-refractivity contribution in [1.29, 1.82) is 0 Å². The van der Waals surface area contributed by atoms with Gasteiger partial charge in [-0.2, -0.15) is 0 Å². The van der Waals surface area contributed by atoms with Gasteiger partial charge in [-0.15, -0.1) is 0 Å². The molecule has 8 heteroatoms. The van der Waals surface area contributed by atoms with Gasteiger partial charge < -0.3 is 15.4 Å². The molecule has 0 fully saturated rings. The quantitative estimate of drug-likeness (QED) is 0.459. The van der Waals surface area contributed by atoms with Gasteiger partial charge >= 0.3 is 0 Å². The number of rotatable bonds is 7. The fourth-order valence-corrected chi connectivity index (χ4v) is 2.81. The first-order valence-corrected chi connectivity index (χ1v) is 9.04. The number of carbonyl (C=O) groups is 2. The molecule has 0 aliphatic heterocycles. The van der Waals surface area contributed by atoms with E-state index in [1.54, 1.807) is 31.4 Å². The van der Waals surface area contributed by atoms with Crippen molar-refractivity contribution in [3.8, 4) is 5.75 Å². The Bertz CT molecular complexity index is 1100. The van der Waals surface area contributed by atoms with Crippen LogP contribution in [0.25, 0.3) is 0 Å². The van der Waals surface area contributed by atoms with Crippen LogP contribution in [-0.2, 0) is 6.54 Å². The lowest BCUT2D eigenvalue weighted by Gasteiger charge is -2.12. The molecule has 3 aromatic rings. The van der Waals surface area contributed by atoms with E-state index in [0.29, 0.717) is 11.4 Å². The van der Waals surface area contributed by atoms with Crippen molar-refractivity contribution in [3.05, 3.63) is 99.6 Å². The molecule has 0 radical (unpaired) electrons. The van der Waals surface area contributed by atoms with Gasteiger partial charge in [-0.1, -0.05) is 30.3 Å². The van der Waals surface area contributed by atoms with Gasteiger partial charge in [0.05, 0.1) is 23.3 Å². The summed E-state index contributed by atoms with van der Waals surface area (Å²) >= 11 is 0. The highest BCUT2D eigenvalue weighted by molar-refractivity contribution is 6.09. The standard InChI is InChI=1S/C22H19N3O5/c1-30-18-9-4-6-15(12-18)14-23-22(27)19-10-2-3-11-20(19)24-21(26)16-7-5-8-17(13-16)25(28)29/h2-13H,14H2,1H3,(H,23,27)(H,24,26). The van der Waals surface area contributed by atoms with Crippen LogP contribution >= 0.6 is 0 Å². The summed E-state index contributed by atoms with van der Waals surface area (Å²) in [6.45, 7) is 0.281. The number of hydrogen-bond donors (Lipinski definition) is 2. The molecule has 0 atom stereocenters. The Morgan fingerprint density at radius 3 is 2.50 bits per heavy atom. The second kappa shape index (κ2) is 9.33. The molecule has 2 N–H and O–H groups in total. The SMILES string of the molecule is COc1cccc(CNC(=O)c2ccccc2NC(=O)c2cccc([N+](=O)[O-])c2)c1. The molecule has 0 bridgehead atoms. The van der Waals surface area contributed by atoms with Crippen LogP contribution in [0.2, 0.25) is 0 Å². The summed E-state index contributed by atoms with van der Waals surface area (Å²) < 4.78 is 5.17. The van der Waals surface area contributed by atoms with Crippen LogP contribution in [0.4, 0.5) is 11.4 Å². The number of nitro benzene ring substituents is 1. The monoisotopic (exact) mass is 405 g/mol. The molecule has 30 heavy (non-hydrogen) atoms. The van der Waals surface area contributed by atoms with E-state index < -0.39 is 10.8 Å². The van der Waals surface area contributed by atoms with E-state index in [1.807, 2.05) is 24.3 Å². The van der Waals surface area contributed by atoms with Crippen molar-refractivity contribution in [2.45, 2.75) is 6.54 Å². The van der Waals surface area contributed by atoms with E-state index >= 15 is 0 Å². The molecule has 8 nitrogen and oxygen atoms in total. The lowest BCUT2D eigenvalue weighted by Crippen LogP contribution is -2.25. The highest BCUT2D eigenvalue weighted by Crippen LogP contribution is 2.19. The zero-order valence-electron chi connectivity index (χ0n) is 16.1. The van der Waals surface area contributed by atoms with Gasteiger partial charge in [-0.25, -0.2) is 0 Å². The number of anilines is 1. The summed E-state index contributed by atoms with van der Waals surface area (Å²) in [5, 5.41) is 16.4. The second-order valence-corrected chi connectivity index (χ2v) is 6.34. The molecule has 3 rings (SSSR count). The van der Waals surface area contributed by atoms with Crippen LogP contribution in [0.15, 0.2) is 72.8 Å². The number of para-hydroxylation sites is 1. The topological polar surface area (TPSA) is 111 Å². The van der Waals surface area contributed by atoms with Crippen LogP contribution in [0.3, 0.4) is 0 Å². The number of hydrogen-bond acceptors (Lipinski definition) is 5. The summed E-state index contributed by atoms with van der Waals surface area (Å²) in [6.07, 6.45) is 0.